The van der Waals surface area contributed by atoms with Crippen molar-refractivity contribution in [1.82, 2.24) is 9.80 Å². The van der Waals surface area contributed by atoms with E-state index in [1.807, 2.05) is 78.6 Å². The highest BCUT2D eigenvalue weighted by Crippen LogP contribution is 2.19. The van der Waals surface area contributed by atoms with Gasteiger partial charge in [0, 0.05) is 37.4 Å². The molecule has 1 N–H and O–H groups in total. The molecule has 1 aliphatic rings. The summed E-state index contributed by atoms with van der Waals surface area (Å²) in [5.74, 6) is 0.0293. The van der Waals surface area contributed by atoms with Crippen LogP contribution in [-0.4, -0.2) is 53.8 Å². The van der Waals surface area contributed by atoms with Gasteiger partial charge < -0.3 is 10.2 Å². The molecule has 1 aliphatic heterocycles. The van der Waals surface area contributed by atoms with E-state index in [-0.39, 0.29) is 17.9 Å². The number of rotatable bonds is 4. The molecule has 4 rings (SSSR count). The minimum atomic E-state index is -0.254. The molecular formula is C24H25N3O2. The molecule has 1 atom stereocenters. The number of nitrogens with one attached hydrogen (secondary N) is 1. The van der Waals surface area contributed by atoms with E-state index in [0.717, 1.165) is 16.5 Å². The van der Waals surface area contributed by atoms with Crippen LogP contribution in [0.15, 0.2) is 72.8 Å². The molecule has 3 aromatic carbocycles. The number of hydrogen-bond acceptors (Lipinski definition) is 3. The van der Waals surface area contributed by atoms with Crippen molar-refractivity contribution in [2.45, 2.75) is 13.0 Å². The molecule has 5 heteroatoms. The second-order valence-corrected chi connectivity index (χ2v) is 7.42. The van der Waals surface area contributed by atoms with Gasteiger partial charge >= 0.3 is 0 Å². The first kappa shape index (κ1) is 19.2. The summed E-state index contributed by atoms with van der Waals surface area (Å²) in [5, 5.41) is 5.28. The highest BCUT2D eigenvalue weighted by atomic mass is 16.2. The molecule has 5 nitrogen and oxygen atoms in total. The van der Waals surface area contributed by atoms with Crippen molar-refractivity contribution < 1.29 is 9.59 Å². The Morgan fingerprint density at radius 2 is 1.48 bits per heavy atom. The van der Waals surface area contributed by atoms with Gasteiger partial charge in [0.2, 0.25) is 5.91 Å². The van der Waals surface area contributed by atoms with Crippen LogP contribution in [0.1, 0.15) is 17.3 Å². The SMILES string of the molecule is C[C@H](C(=O)Nc1ccc2ccccc2c1)N1CCN(C(=O)c2ccccc2)CC1. The van der Waals surface area contributed by atoms with E-state index in [2.05, 4.69) is 16.3 Å². The van der Waals surface area contributed by atoms with Crippen molar-refractivity contribution in [3.8, 4) is 0 Å². The molecule has 1 saturated heterocycles. The average Bonchev–Trinajstić information content (AvgIpc) is 2.78. The molecule has 0 unspecified atom stereocenters. The van der Waals surface area contributed by atoms with E-state index >= 15 is 0 Å². The normalized spacial score (nSPS) is 15.8. The summed E-state index contributed by atoms with van der Waals surface area (Å²) in [4.78, 5) is 29.3. The minimum absolute atomic E-state index is 0.0249. The van der Waals surface area contributed by atoms with Crippen LogP contribution in [0.25, 0.3) is 10.8 Å². The number of fused-ring (bicyclic) bond motifs is 1. The maximum atomic E-state index is 12.8. The summed E-state index contributed by atoms with van der Waals surface area (Å²) in [6.45, 7) is 4.55. The quantitative estimate of drug-likeness (QED) is 0.744. The van der Waals surface area contributed by atoms with E-state index in [1.165, 1.54) is 0 Å². The van der Waals surface area contributed by atoms with Gasteiger partial charge in [0.25, 0.3) is 5.91 Å². The summed E-state index contributed by atoms with van der Waals surface area (Å²) in [7, 11) is 0. The predicted octanol–water partition coefficient (Wildman–Crippen LogP) is 3.62. The van der Waals surface area contributed by atoms with Crippen LogP contribution in [0.4, 0.5) is 5.69 Å². The van der Waals surface area contributed by atoms with Crippen LogP contribution in [0.2, 0.25) is 0 Å². The fourth-order valence-corrected chi connectivity index (χ4v) is 3.76. The number of carbonyl (C=O) groups is 2. The lowest BCUT2D eigenvalue weighted by Crippen LogP contribution is -2.54. The van der Waals surface area contributed by atoms with Crippen molar-refractivity contribution in [2.75, 3.05) is 31.5 Å². The Labute approximate surface area is 170 Å². The fraction of sp³-hybridized carbons (Fsp3) is 0.250. The molecule has 1 heterocycles. The monoisotopic (exact) mass is 387 g/mol. The van der Waals surface area contributed by atoms with Gasteiger partial charge in [-0.15, -0.1) is 0 Å². The first-order chi connectivity index (χ1) is 14.1. The summed E-state index contributed by atoms with van der Waals surface area (Å²) in [6, 6.07) is 23.1. The Hall–Kier alpha value is -3.18. The van der Waals surface area contributed by atoms with Crippen LogP contribution < -0.4 is 5.32 Å². The van der Waals surface area contributed by atoms with Crippen molar-refractivity contribution in [1.29, 1.82) is 0 Å². The van der Waals surface area contributed by atoms with Gasteiger partial charge in [0.1, 0.15) is 0 Å². The maximum Gasteiger partial charge on any atom is 0.253 e. The third-order valence-electron chi connectivity index (χ3n) is 5.57. The number of benzene rings is 3. The van der Waals surface area contributed by atoms with Crippen molar-refractivity contribution in [3.05, 3.63) is 78.4 Å². The topological polar surface area (TPSA) is 52.7 Å². The number of amides is 2. The summed E-state index contributed by atoms with van der Waals surface area (Å²) < 4.78 is 0. The van der Waals surface area contributed by atoms with Gasteiger partial charge in [-0.05, 0) is 42.0 Å². The highest BCUT2D eigenvalue weighted by Gasteiger charge is 2.27. The fourth-order valence-electron chi connectivity index (χ4n) is 3.76. The maximum absolute atomic E-state index is 12.8. The van der Waals surface area contributed by atoms with Gasteiger partial charge in [0.15, 0.2) is 0 Å². The third kappa shape index (κ3) is 4.30. The zero-order valence-corrected chi connectivity index (χ0v) is 16.5. The van der Waals surface area contributed by atoms with Crippen LogP contribution >= 0.6 is 0 Å². The van der Waals surface area contributed by atoms with Crippen LogP contribution in [0.5, 0.6) is 0 Å². The predicted molar refractivity (Wildman–Crippen MR) is 116 cm³/mol. The lowest BCUT2D eigenvalue weighted by Gasteiger charge is -2.37. The number of hydrogen-bond donors (Lipinski definition) is 1. The molecule has 1 fully saturated rings. The summed E-state index contributed by atoms with van der Waals surface area (Å²) in [5.41, 5.74) is 1.52. The van der Waals surface area contributed by atoms with E-state index in [9.17, 15) is 9.59 Å². The average molecular weight is 387 g/mol. The number of nitrogens with zero attached hydrogens (tertiary/aromatic N) is 2. The summed E-state index contributed by atoms with van der Waals surface area (Å²) in [6.07, 6.45) is 0. The molecule has 3 aromatic rings. The Balaban J connectivity index is 1.34. The Kier molecular flexibility index (Phi) is 5.58. The molecule has 0 aliphatic carbocycles. The molecule has 148 valence electrons. The third-order valence-corrected chi connectivity index (χ3v) is 5.57. The van der Waals surface area contributed by atoms with Gasteiger partial charge in [-0.25, -0.2) is 0 Å². The van der Waals surface area contributed by atoms with Crippen molar-refractivity contribution >= 4 is 28.3 Å². The van der Waals surface area contributed by atoms with E-state index in [1.54, 1.807) is 0 Å². The smallest absolute Gasteiger partial charge is 0.253 e. The second kappa shape index (κ2) is 8.45. The number of carbonyl (C=O) groups excluding carboxylic acids is 2. The van der Waals surface area contributed by atoms with Crippen LogP contribution in [0.3, 0.4) is 0 Å². The molecule has 0 radical (unpaired) electrons. The molecule has 0 spiro atoms. The Morgan fingerprint density at radius 1 is 0.828 bits per heavy atom. The Morgan fingerprint density at radius 3 is 2.21 bits per heavy atom. The van der Waals surface area contributed by atoms with Gasteiger partial charge in [0.05, 0.1) is 6.04 Å². The lowest BCUT2D eigenvalue weighted by molar-refractivity contribution is -0.121. The molecule has 0 aromatic heterocycles. The molecular weight excluding hydrogens is 362 g/mol. The van der Waals surface area contributed by atoms with Gasteiger partial charge in [-0.2, -0.15) is 0 Å². The molecule has 2 amide bonds. The minimum Gasteiger partial charge on any atom is -0.336 e. The first-order valence-corrected chi connectivity index (χ1v) is 10.00. The van der Waals surface area contributed by atoms with Gasteiger partial charge in [-0.3, -0.25) is 14.5 Å². The van der Waals surface area contributed by atoms with Crippen LogP contribution in [-0.2, 0) is 4.79 Å². The van der Waals surface area contributed by atoms with E-state index in [4.69, 9.17) is 0 Å². The number of piperazine rings is 1. The first-order valence-electron chi connectivity index (χ1n) is 10.00. The summed E-state index contributed by atoms with van der Waals surface area (Å²) >= 11 is 0. The molecule has 0 saturated carbocycles. The van der Waals surface area contributed by atoms with Crippen LogP contribution in [0, 0.1) is 0 Å². The zero-order valence-electron chi connectivity index (χ0n) is 16.5. The van der Waals surface area contributed by atoms with E-state index < -0.39 is 0 Å². The largest absolute Gasteiger partial charge is 0.336 e. The molecule has 0 bridgehead atoms. The standard InChI is InChI=1S/C24H25N3O2/c1-18(23(28)25-22-12-11-19-7-5-6-10-21(19)17-22)26-13-15-27(16-14-26)24(29)20-8-3-2-4-9-20/h2-12,17-18H,13-16H2,1H3,(H,25,28)/t18-/m1/s1. The highest BCUT2D eigenvalue weighted by molar-refractivity contribution is 5.97. The van der Waals surface area contributed by atoms with Crippen molar-refractivity contribution in [3.63, 3.8) is 0 Å². The van der Waals surface area contributed by atoms with E-state index in [0.29, 0.717) is 31.7 Å². The lowest BCUT2D eigenvalue weighted by atomic mass is 10.1. The number of anilines is 1. The Bertz CT molecular complexity index is 1010. The zero-order chi connectivity index (χ0) is 20.2. The van der Waals surface area contributed by atoms with Crippen molar-refractivity contribution in [2.24, 2.45) is 0 Å². The molecule has 29 heavy (non-hydrogen) atoms. The second-order valence-electron chi connectivity index (χ2n) is 7.42. The van der Waals surface area contributed by atoms with Gasteiger partial charge in [-0.1, -0.05) is 48.5 Å².